The van der Waals surface area contributed by atoms with Crippen LogP contribution in [0.4, 0.5) is 5.95 Å². The van der Waals surface area contributed by atoms with E-state index in [1.807, 2.05) is 0 Å². The van der Waals surface area contributed by atoms with E-state index >= 15 is 0 Å². The Morgan fingerprint density at radius 2 is 1.94 bits per heavy atom. The lowest BCUT2D eigenvalue weighted by atomic mass is 10.0. The molecular formula is C23H18Cl2N6O4S. The van der Waals surface area contributed by atoms with Crippen molar-refractivity contribution in [3.8, 4) is 28.8 Å². The van der Waals surface area contributed by atoms with E-state index in [0.717, 1.165) is 11.6 Å². The fourth-order valence-electron chi connectivity index (χ4n) is 3.31. The van der Waals surface area contributed by atoms with Gasteiger partial charge in [-0.25, -0.2) is 28.4 Å². The Labute approximate surface area is 216 Å². The van der Waals surface area contributed by atoms with Crippen LogP contribution in [0.15, 0.2) is 48.9 Å². The Morgan fingerprint density at radius 3 is 2.69 bits per heavy atom. The summed E-state index contributed by atoms with van der Waals surface area (Å²) in [7, 11) is -3.49. The molecule has 2 aromatic heterocycles. The zero-order valence-electron chi connectivity index (χ0n) is 18.8. The van der Waals surface area contributed by atoms with Crippen LogP contribution in [0.1, 0.15) is 11.3 Å². The number of aromatic nitrogens is 4. The van der Waals surface area contributed by atoms with Gasteiger partial charge in [-0.15, -0.1) is 11.6 Å². The number of alkyl halides is 1. The van der Waals surface area contributed by atoms with Gasteiger partial charge in [0, 0.05) is 23.2 Å². The molecule has 0 unspecified atom stereocenters. The number of nitrogens with zero attached hydrogens (tertiary/aromatic N) is 5. The molecule has 0 bridgehead atoms. The van der Waals surface area contributed by atoms with Crippen molar-refractivity contribution in [1.82, 2.24) is 19.9 Å². The van der Waals surface area contributed by atoms with Gasteiger partial charge in [-0.2, -0.15) is 5.26 Å². The fraction of sp³-hybridized carbons (Fsp3) is 0.174. The Bertz CT molecular complexity index is 1580. The number of ether oxygens (including phenoxy) is 2. The van der Waals surface area contributed by atoms with E-state index < -0.39 is 10.0 Å². The Morgan fingerprint density at radius 1 is 1.11 bits per heavy atom. The van der Waals surface area contributed by atoms with Gasteiger partial charge in [-0.05, 0) is 30.3 Å². The maximum atomic E-state index is 11.4. The van der Waals surface area contributed by atoms with Gasteiger partial charge in [0.15, 0.2) is 5.75 Å². The summed E-state index contributed by atoms with van der Waals surface area (Å²) < 4.78 is 36.3. The molecule has 0 aliphatic carbocycles. The van der Waals surface area contributed by atoms with Gasteiger partial charge in [0.05, 0.1) is 39.6 Å². The number of hydrogen-bond acceptors (Lipinski definition) is 9. The van der Waals surface area contributed by atoms with Crippen molar-refractivity contribution in [2.75, 3.05) is 23.5 Å². The van der Waals surface area contributed by atoms with Gasteiger partial charge in [-0.1, -0.05) is 11.6 Å². The molecule has 1 N–H and O–H groups in total. The van der Waals surface area contributed by atoms with Crippen LogP contribution >= 0.6 is 23.2 Å². The van der Waals surface area contributed by atoms with Gasteiger partial charge in [0.2, 0.25) is 16.0 Å². The molecule has 0 aliphatic rings. The molecule has 0 radical (unpaired) electrons. The number of nitriles is 1. The van der Waals surface area contributed by atoms with Crippen LogP contribution in [0.5, 0.6) is 11.5 Å². The van der Waals surface area contributed by atoms with Crippen LogP contribution in [-0.2, 0) is 16.6 Å². The smallest absolute Gasteiger partial charge is 0.236 e. The van der Waals surface area contributed by atoms with Crippen molar-refractivity contribution >= 4 is 50.1 Å². The quantitative estimate of drug-likeness (QED) is 0.307. The summed E-state index contributed by atoms with van der Waals surface area (Å²) >= 11 is 12.1. The third-order valence-electron chi connectivity index (χ3n) is 4.75. The average molecular weight is 545 g/mol. The van der Waals surface area contributed by atoms with Crippen LogP contribution in [0.2, 0.25) is 5.02 Å². The second-order valence-electron chi connectivity index (χ2n) is 7.42. The first-order valence-corrected chi connectivity index (χ1v) is 13.2. The van der Waals surface area contributed by atoms with Crippen molar-refractivity contribution in [2.45, 2.75) is 6.61 Å². The molecule has 0 saturated heterocycles. The van der Waals surface area contributed by atoms with Crippen LogP contribution < -0.4 is 14.2 Å². The molecule has 0 amide bonds. The molecular weight excluding hydrogens is 527 g/mol. The number of nitrogens with one attached hydrogen (secondary N) is 1. The van der Waals surface area contributed by atoms with E-state index in [-0.39, 0.29) is 41.4 Å². The molecule has 36 heavy (non-hydrogen) atoms. The first-order chi connectivity index (χ1) is 17.3. The van der Waals surface area contributed by atoms with Crippen molar-refractivity contribution in [3.05, 3.63) is 65.2 Å². The van der Waals surface area contributed by atoms with E-state index in [0.29, 0.717) is 28.2 Å². The zero-order valence-corrected chi connectivity index (χ0v) is 21.1. The van der Waals surface area contributed by atoms with E-state index in [4.69, 9.17) is 32.7 Å². The number of hydrogen-bond donors (Lipinski definition) is 1. The van der Waals surface area contributed by atoms with Crippen LogP contribution in [-0.4, -0.2) is 47.1 Å². The highest BCUT2D eigenvalue weighted by molar-refractivity contribution is 7.91. The van der Waals surface area contributed by atoms with Gasteiger partial charge in [0.1, 0.15) is 31.4 Å². The molecule has 0 aliphatic heterocycles. The molecule has 4 rings (SSSR count). The monoisotopic (exact) mass is 544 g/mol. The van der Waals surface area contributed by atoms with Crippen LogP contribution in [0, 0.1) is 11.3 Å². The van der Waals surface area contributed by atoms with Crippen LogP contribution in [0.3, 0.4) is 0 Å². The zero-order chi connectivity index (χ0) is 25.7. The molecule has 2 heterocycles. The maximum absolute atomic E-state index is 11.4. The van der Waals surface area contributed by atoms with Gasteiger partial charge in [-0.3, -0.25) is 4.72 Å². The SMILES string of the molecule is CS(=O)(=O)Nc1nccc(COc2ccc3c(-c4cc(Cl)c(OCCCl)c(C#N)c4)ncnc3c2)n1. The first-order valence-electron chi connectivity index (χ1n) is 10.4. The molecule has 0 atom stereocenters. The summed E-state index contributed by atoms with van der Waals surface area (Å²) in [5.74, 6) is 1.02. The van der Waals surface area contributed by atoms with Gasteiger partial charge >= 0.3 is 0 Å². The topological polar surface area (TPSA) is 140 Å². The molecule has 0 fully saturated rings. The minimum Gasteiger partial charge on any atom is -0.489 e. The highest BCUT2D eigenvalue weighted by atomic mass is 35.5. The first kappa shape index (κ1) is 25.4. The highest BCUT2D eigenvalue weighted by Crippen LogP contribution is 2.36. The van der Waals surface area contributed by atoms with Crippen LogP contribution in [0.25, 0.3) is 22.2 Å². The van der Waals surface area contributed by atoms with Crippen molar-refractivity contribution in [2.24, 2.45) is 0 Å². The van der Waals surface area contributed by atoms with E-state index in [1.165, 1.54) is 12.5 Å². The predicted molar refractivity (Wildman–Crippen MR) is 136 cm³/mol. The highest BCUT2D eigenvalue weighted by Gasteiger charge is 2.15. The van der Waals surface area contributed by atoms with Crippen molar-refractivity contribution < 1.29 is 17.9 Å². The summed E-state index contributed by atoms with van der Waals surface area (Å²) in [6, 6.07) is 12.3. The fourth-order valence-corrected chi connectivity index (χ4v) is 4.09. The third kappa shape index (κ3) is 6.09. The third-order valence-corrected chi connectivity index (χ3v) is 5.73. The summed E-state index contributed by atoms with van der Waals surface area (Å²) in [5.41, 5.74) is 2.57. The lowest BCUT2D eigenvalue weighted by Crippen LogP contribution is -2.13. The van der Waals surface area contributed by atoms with E-state index in [2.05, 4.69) is 30.7 Å². The van der Waals surface area contributed by atoms with Gasteiger partial charge in [0.25, 0.3) is 0 Å². The minimum absolute atomic E-state index is 0.0380. The molecule has 10 nitrogen and oxygen atoms in total. The number of sulfonamides is 1. The van der Waals surface area contributed by atoms with Crippen molar-refractivity contribution in [3.63, 3.8) is 0 Å². The Balaban J connectivity index is 1.59. The molecule has 2 aromatic carbocycles. The number of benzene rings is 2. The van der Waals surface area contributed by atoms with Gasteiger partial charge < -0.3 is 9.47 Å². The number of fused-ring (bicyclic) bond motifs is 1. The minimum atomic E-state index is -3.49. The summed E-state index contributed by atoms with van der Waals surface area (Å²) in [6.07, 6.45) is 3.86. The van der Waals surface area contributed by atoms with E-state index in [1.54, 1.807) is 36.4 Å². The molecule has 0 spiro atoms. The lowest BCUT2D eigenvalue weighted by Gasteiger charge is -2.12. The standard InChI is InChI=1S/C23H18Cl2N6O4S/c1-36(32,33)31-23-27-6-4-16(30-23)12-35-17-2-3-18-20(10-17)28-13-29-21(18)14-8-15(11-26)22(19(25)9-14)34-7-5-24/h2-4,6,8-10,13H,5,7,12H2,1H3,(H,27,30,31). The lowest BCUT2D eigenvalue weighted by molar-refractivity contribution is 0.301. The van der Waals surface area contributed by atoms with Crippen molar-refractivity contribution in [1.29, 1.82) is 5.26 Å². The average Bonchev–Trinajstić information content (AvgIpc) is 2.85. The normalized spacial score (nSPS) is 11.2. The summed E-state index contributed by atoms with van der Waals surface area (Å²) in [5, 5.41) is 10.6. The second kappa shape index (κ2) is 10.9. The molecule has 184 valence electrons. The summed E-state index contributed by atoms with van der Waals surface area (Å²) in [4.78, 5) is 16.7. The van der Waals surface area contributed by atoms with E-state index in [9.17, 15) is 13.7 Å². The number of anilines is 1. The molecule has 4 aromatic rings. The second-order valence-corrected chi connectivity index (χ2v) is 9.95. The summed E-state index contributed by atoms with van der Waals surface area (Å²) in [6.45, 7) is 0.300. The number of halogens is 2. The molecule has 13 heteroatoms. The number of rotatable bonds is 9. The predicted octanol–water partition coefficient (Wildman–Crippen LogP) is 4.18. The Kier molecular flexibility index (Phi) is 7.69. The largest absolute Gasteiger partial charge is 0.489 e. The molecule has 0 saturated carbocycles. The Hall–Kier alpha value is -3.72. The maximum Gasteiger partial charge on any atom is 0.236 e.